The highest BCUT2D eigenvalue weighted by Crippen LogP contribution is 2.39. The van der Waals surface area contributed by atoms with Crippen LogP contribution >= 0.6 is 0 Å². The fraction of sp³-hybridized carbons (Fsp3) is 0.500. The molecule has 2 saturated heterocycles. The molecule has 2 aromatic rings. The number of nitrogens with zero attached hydrogens (tertiary/aromatic N) is 3. The van der Waals surface area contributed by atoms with E-state index in [0.717, 1.165) is 32.1 Å². The van der Waals surface area contributed by atoms with Gasteiger partial charge in [0.15, 0.2) is 0 Å². The van der Waals surface area contributed by atoms with Crippen molar-refractivity contribution >= 4 is 11.8 Å². The zero-order chi connectivity index (χ0) is 19.7. The fourth-order valence-electron chi connectivity index (χ4n) is 4.96. The minimum Gasteiger partial charge on any atom is -0.349 e. The molecule has 3 atom stereocenters. The SMILES string of the molecule is Cn1nccc1C(=O)N1[C@H](Cc2ccccc2)C[C@]2(C)NC(=O)CCCC[C@H]12. The lowest BCUT2D eigenvalue weighted by atomic mass is 9.85. The summed E-state index contributed by atoms with van der Waals surface area (Å²) in [5.74, 6) is 0.102. The summed E-state index contributed by atoms with van der Waals surface area (Å²) in [5.41, 5.74) is 1.40. The number of benzene rings is 1. The molecule has 28 heavy (non-hydrogen) atoms. The van der Waals surface area contributed by atoms with Crippen LogP contribution in [0.1, 0.15) is 55.1 Å². The van der Waals surface area contributed by atoms with Gasteiger partial charge in [-0.15, -0.1) is 0 Å². The number of likely N-dealkylation sites (tertiary alicyclic amines) is 1. The maximum Gasteiger partial charge on any atom is 0.272 e. The molecule has 1 aromatic heterocycles. The van der Waals surface area contributed by atoms with Crippen molar-refractivity contribution in [3.05, 3.63) is 53.9 Å². The van der Waals surface area contributed by atoms with Crippen molar-refractivity contribution in [1.29, 1.82) is 0 Å². The minimum absolute atomic E-state index is 0.00415. The van der Waals surface area contributed by atoms with Gasteiger partial charge in [-0.25, -0.2) is 0 Å². The van der Waals surface area contributed by atoms with Crippen LogP contribution in [0.3, 0.4) is 0 Å². The maximum absolute atomic E-state index is 13.6. The molecule has 2 aliphatic heterocycles. The van der Waals surface area contributed by atoms with Gasteiger partial charge in [-0.3, -0.25) is 14.3 Å². The Morgan fingerprint density at radius 1 is 1.25 bits per heavy atom. The second kappa shape index (κ2) is 7.41. The number of amides is 2. The first-order valence-corrected chi connectivity index (χ1v) is 10.1. The zero-order valence-corrected chi connectivity index (χ0v) is 16.6. The van der Waals surface area contributed by atoms with Crippen LogP contribution in [-0.2, 0) is 18.3 Å². The van der Waals surface area contributed by atoms with Gasteiger partial charge in [0.1, 0.15) is 5.69 Å². The number of nitrogens with one attached hydrogen (secondary N) is 1. The Morgan fingerprint density at radius 3 is 2.75 bits per heavy atom. The molecular formula is C22H28N4O2. The van der Waals surface area contributed by atoms with Crippen LogP contribution < -0.4 is 5.32 Å². The van der Waals surface area contributed by atoms with Gasteiger partial charge in [-0.05, 0) is 44.2 Å². The van der Waals surface area contributed by atoms with Crippen molar-refractivity contribution in [2.24, 2.45) is 7.05 Å². The molecule has 3 heterocycles. The largest absolute Gasteiger partial charge is 0.349 e. The fourth-order valence-corrected chi connectivity index (χ4v) is 4.96. The molecule has 0 unspecified atom stereocenters. The third-order valence-corrected chi connectivity index (χ3v) is 6.27. The highest BCUT2D eigenvalue weighted by molar-refractivity contribution is 5.93. The molecule has 0 aliphatic carbocycles. The molecule has 2 fully saturated rings. The Kier molecular flexibility index (Phi) is 4.96. The molecule has 1 N–H and O–H groups in total. The summed E-state index contributed by atoms with van der Waals surface area (Å²) in [6.45, 7) is 2.11. The third-order valence-electron chi connectivity index (χ3n) is 6.27. The number of fused-ring (bicyclic) bond motifs is 1. The zero-order valence-electron chi connectivity index (χ0n) is 16.6. The Morgan fingerprint density at radius 2 is 2.04 bits per heavy atom. The summed E-state index contributed by atoms with van der Waals surface area (Å²) in [5, 5.41) is 7.45. The molecule has 6 nitrogen and oxygen atoms in total. The number of rotatable bonds is 3. The number of hydrogen-bond acceptors (Lipinski definition) is 3. The van der Waals surface area contributed by atoms with Gasteiger partial charge >= 0.3 is 0 Å². The topological polar surface area (TPSA) is 67.2 Å². The summed E-state index contributed by atoms with van der Waals surface area (Å²) >= 11 is 0. The molecule has 2 aliphatic rings. The summed E-state index contributed by atoms with van der Waals surface area (Å²) in [7, 11) is 1.80. The average Bonchev–Trinajstić information content (AvgIpc) is 3.19. The Hall–Kier alpha value is -2.63. The van der Waals surface area contributed by atoms with E-state index < -0.39 is 5.54 Å². The second-order valence-corrected chi connectivity index (χ2v) is 8.33. The van der Waals surface area contributed by atoms with E-state index in [2.05, 4.69) is 29.5 Å². The van der Waals surface area contributed by atoms with Crippen molar-refractivity contribution in [2.45, 2.75) is 63.1 Å². The molecule has 6 heteroatoms. The van der Waals surface area contributed by atoms with E-state index in [1.165, 1.54) is 5.56 Å². The lowest BCUT2D eigenvalue weighted by Gasteiger charge is -2.38. The number of aromatic nitrogens is 2. The molecule has 148 valence electrons. The average molecular weight is 380 g/mol. The normalized spacial score (nSPS) is 27.6. The minimum atomic E-state index is -0.398. The van der Waals surface area contributed by atoms with E-state index >= 15 is 0 Å². The van der Waals surface area contributed by atoms with Crippen molar-refractivity contribution in [3.63, 3.8) is 0 Å². The van der Waals surface area contributed by atoms with Crippen molar-refractivity contribution in [2.75, 3.05) is 0 Å². The van der Waals surface area contributed by atoms with Crippen LogP contribution in [0.2, 0.25) is 0 Å². The summed E-state index contributed by atoms with van der Waals surface area (Å²) in [6, 6.07) is 12.1. The van der Waals surface area contributed by atoms with Gasteiger partial charge in [-0.2, -0.15) is 5.10 Å². The number of carbonyl (C=O) groups excluding carboxylic acids is 2. The lowest BCUT2D eigenvalue weighted by molar-refractivity contribution is -0.123. The smallest absolute Gasteiger partial charge is 0.272 e. The highest BCUT2D eigenvalue weighted by Gasteiger charge is 2.52. The maximum atomic E-state index is 13.6. The molecule has 4 rings (SSSR count). The first-order chi connectivity index (χ1) is 13.5. The van der Waals surface area contributed by atoms with Crippen LogP contribution in [-0.4, -0.2) is 44.1 Å². The highest BCUT2D eigenvalue weighted by atomic mass is 16.2. The standard InChI is InChI=1S/C22H28N4O2/c1-22-15-17(14-16-8-4-3-5-9-16)26(21(28)18-12-13-23-25(18)2)19(22)10-6-7-11-20(27)24-22/h3-5,8-9,12-13,17,19H,6-7,10-11,14-15H2,1-2H3,(H,24,27)/t17-,19+,22+/m1/s1. The van der Waals surface area contributed by atoms with E-state index in [9.17, 15) is 9.59 Å². The van der Waals surface area contributed by atoms with Crippen molar-refractivity contribution < 1.29 is 9.59 Å². The van der Waals surface area contributed by atoms with Crippen LogP contribution in [0.5, 0.6) is 0 Å². The van der Waals surface area contributed by atoms with Crippen LogP contribution in [0.25, 0.3) is 0 Å². The predicted octanol–water partition coefficient (Wildman–Crippen LogP) is 2.69. The van der Waals surface area contributed by atoms with E-state index in [1.54, 1.807) is 24.0 Å². The monoisotopic (exact) mass is 380 g/mol. The molecular weight excluding hydrogens is 352 g/mol. The number of aryl methyl sites for hydroxylation is 1. The number of carbonyl (C=O) groups is 2. The number of hydrogen-bond donors (Lipinski definition) is 1. The molecule has 0 radical (unpaired) electrons. The molecule has 0 saturated carbocycles. The second-order valence-electron chi connectivity index (χ2n) is 8.33. The van der Waals surface area contributed by atoms with Crippen molar-refractivity contribution in [1.82, 2.24) is 20.0 Å². The third kappa shape index (κ3) is 3.43. The van der Waals surface area contributed by atoms with Crippen LogP contribution in [0.4, 0.5) is 0 Å². The Balaban J connectivity index is 1.71. The quantitative estimate of drug-likeness (QED) is 0.890. The first-order valence-electron chi connectivity index (χ1n) is 10.1. The summed E-state index contributed by atoms with van der Waals surface area (Å²) in [6.07, 6.45) is 6.52. The van der Waals surface area contributed by atoms with Gasteiger partial charge in [0.2, 0.25) is 5.91 Å². The van der Waals surface area contributed by atoms with E-state index in [0.29, 0.717) is 12.1 Å². The Bertz CT molecular complexity index is 862. The van der Waals surface area contributed by atoms with E-state index in [1.807, 2.05) is 23.1 Å². The Labute approximate surface area is 165 Å². The molecule has 2 amide bonds. The van der Waals surface area contributed by atoms with Gasteiger partial charge in [0.25, 0.3) is 5.91 Å². The molecule has 1 aromatic carbocycles. The van der Waals surface area contributed by atoms with Gasteiger partial charge < -0.3 is 10.2 Å². The molecule has 0 bridgehead atoms. The van der Waals surface area contributed by atoms with Gasteiger partial charge in [0.05, 0.1) is 11.6 Å². The molecule has 0 spiro atoms. The van der Waals surface area contributed by atoms with Crippen LogP contribution in [0.15, 0.2) is 42.6 Å². The first kappa shape index (κ1) is 18.7. The lowest BCUT2D eigenvalue weighted by Crippen LogP contribution is -2.56. The predicted molar refractivity (Wildman–Crippen MR) is 107 cm³/mol. The van der Waals surface area contributed by atoms with Crippen molar-refractivity contribution in [3.8, 4) is 0 Å². The van der Waals surface area contributed by atoms with Gasteiger partial charge in [-0.1, -0.05) is 36.8 Å². The van der Waals surface area contributed by atoms with Gasteiger partial charge in [0, 0.05) is 25.7 Å². The van der Waals surface area contributed by atoms with Crippen LogP contribution in [0, 0.1) is 0 Å². The summed E-state index contributed by atoms with van der Waals surface area (Å²) in [4.78, 5) is 28.0. The summed E-state index contributed by atoms with van der Waals surface area (Å²) < 4.78 is 1.64. The van der Waals surface area contributed by atoms with E-state index in [-0.39, 0.29) is 23.9 Å². The van der Waals surface area contributed by atoms with E-state index in [4.69, 9.17) is 0 Å².